The molecule has 0 spiro atoms. The van der Waals surface area contributed by atoms with Crippen LogP contribution in [0.5, 0.6) is 0 Å². The molecule has 0 fully saturated rings. The van der Waals surface area contributed by atoms with Crippen molar-refractivity contribution in [2.24, 2.45) is 10.2 Å². The third kappa shape index (κ3) is 4.15. The van der Waals surface area contributed by atoms with Gasteiger partial charge in [-0.3, -0.25) is 4.79 Å². The summed E-state index contributed by atoms with van der Waals surface area (Å²) in [7, 11) is 1.07. The lowest BCUT2D eigenvalue weighted by Gasteiger charge is -2.07. The molecule has 0 N–H and O–H groups in total. The monoisotopic (exact) mass is 288 g/mol. The van der Waals surface area contributed by atoms with Crippen LogP contribution in [0.2, 0.25) is 0 Å². The summed E-state index contributed by atoms with van der Waals surface area (Å²) in [5.41, 5.74) is -1.01. The standard InChI is InChI=1S/C12H11F3N2O3/c1-7(18)10(11(19)20-2)17-16-9-5-3-4-8(6-9)12(13,14)15/h3-6,10H,1-2H3. The zero-order chi connectivity index (χ0) is 15.3. The summed E-state index contributed by atoms with van der Waals surface area (Å²) in [6.45, 7) is 1.10. The van der Waals surface area contributed by atoms with E-state index in [1.54, 1.807) is 0 Å². The molecule has 20 heavy (non-hydrogen) atoms. The highest BCUT2D eigenvalue weighted by molar-refractivity contribution is 6.01. The number of azo groups is 1. The van der Waals surface area contributed by atoms with E-state index < -0.39 is 29.5 Å². The van der Waals surface area contributed by atoms with E-state index in [4.69, 9.17) is 0 Å². The summed E-state index contributed by atoms with van der Waals surface area (Å²) >= 11 is 0. The van der Waals surface area contributed by atoms with E-state index in [-0.39, 0.29) is 5.69 Å². The van der Waals surface area contributed by atoms with E-state index in [1.807, 2.05) is 0 Å². The first-order chi connectivity index (χ1) is 9.25. The van der Waals surface area contributed by atoms with Gasteiger partial charge in [0.2, 0.25) is 6.04 Å². The lowest BCUT2D eigenvalue weighted by molar-refractivity contribution is -0.145. The average molecular weight is 288 g/mol. The fourth-order valence-corrected chi connectivity index (χ4v) is 1.27. The van der Waals surface area contributed by atoms with Crippen molar-refractivity contribution < 1.29 is 27.5 Å². The molecule has 1 atom stereocenters. The molecule has 0 heterocycles. The summed E-state index contributed by atoms with van der Waals surface area (Å²) in [6, 6.07) is 2.58. The number of hydrogen-bond donors (Lipinski definition) is 0. The van der Waals surface area contributed by atoms with Crippen LogP contribution in [0.1, 0.15) is 12.5 Å². The first-order valence-electron chi connectivity index (χ1n) is 5.42. The van der Waals surface area contributed by atoms with Gasteiger partial charge in [-0.15, -0.1) is 0 Å². The van der Waals surface area contributed by atoms with E-state index in [0.29, 0.717) is 0 Å². The lowest BCUT2D eigenvalue weighted by Crippen LogP contribution is -2.26. The van der Waals surface area contributed by atoms with E-state index in [2.05, 4.69) is 15.0 Å². The molecular formula is C12H11F3N2O3. The van der Waals surface area contributed by atoms with Gasteiger partial charge in [0, 0.05) is 0 Å². The first-order valence-corrected chi connectivity index (χ1v) is 5.42. The third-order valence-electron chi connectivity index (χ3n) is 2.27. The van der Waals surface area contributed by atoms with Crippen LogP contribution >= 0.6 is 0 Å². The highest BCUT2D eigenvalue weighted by Crippen LogP contribution is 2.31. The number of methoxy groups -OCH3 is 1. The molecule has 5 nitrogen and oxygen atoms in total. The minimum Gasteiger partial charge on any atom is -0.467 e. The van der Waals surface area contributed by atoms with Gasteiger partial charge in [0.05, 0.1) is 18.4 Å². The van der Waals surface area contributed by atoms with Gasteiger partial charge in [-0.1, -0.05) is 6.07 Å². The van der Waals surface area contributed by atoms with Gasteiger partial charge in [0.1, 0.15) is 0 Å². The Morgan fingerprint density at radius 3 is 2.45 bits per heavy atom. The number of alkyl halides is 3. The predicted molar refractivity (Wildman–Crippen MR) is 62.4 cm³/mol. The number of esters is 1. The second kappa shape index (κ2) is 6.27. The summed E-state index contributed by atoms with van der Waals surface area (Å²) in [5, 5.41) is 6.90. The summed E-state index contributed by atoms with van der Waals surface area (Å²) in [6.07, 6.45) is -4.51. The van der Waals surface area contributed by atoms with Crippen LogP contribution in [0, 0.1) is 0 Å². The number of ketones is 1. The number of rotatable bonds is 4. The Bertz CT molecular complexity index is 541. The second-order valence-corrected chi connectivity index (χ2v) is 3.80. The molecule has 1 aromatic carbocycles. The number of ether oxygens (including phenoxy) is 1. The van der Waals surface area contributed by atoms with Crippen molar-refractivity contribution in [2.75, 3.05) is 7.11 Å². The van der Waals surface area contributed by atoms with Gasteiger partial charge in [-0.2, -0.15) is 23.4 Å². The largest absolute Gasteiger partial charge is 0.467 e. The van der Waals surface area contributed by atoms with Gasteiger partial charge >= 0.3 is 12.1 Å². The maximum Gasteiger partial charge on any atom is 0.416 e. The topological polar surface area (TPSA) is 68.1 Å². The van der Waals surface area contributed by atoms with Crippen molar-refractivity contribution in [1.82, 2.24) is 0 Å². The van der Waals surface area contributed by atoms with Gasteiger partial charge in [-0.25, -0.2) is 4.79 Å². The Hall–Kier alpha value is -2.25. The SMILES string of the molecule is COC(=O)C(N=Nc1cccc(C(F)(F)F)c1)C(C)=O. The van der Waals surface area contributed by atoms with Gasteiger partial charge in [-0.05, 0) is 25.1 Å². The minimum atomic E-state index is -4.51. The Kier molecular flexibility index (Phi) is 4.95. The number of benzene rings is 1. The molecule has 108 valence electrons. The molecule has 0 radical (unpaired) electrons. The Morgan fingerprint density at radius 2 is 1.95 bits per heavy atom. The minimum absolute atomic E-state index is 0.116. The number of hydrogen-bond acceptors (Lipinski definition) is 5. The smallest absolute Gasteiger partial charge is 0.416 e. The van der Waals surface area contributed by atoms with Crippen LogP contribution in [0.4, 0.5) is 18.9 Å². The third-order valence-corrected chi connectivity index (χ3v) is 2.27. The van der Waals surface area contributed by atoms with Crippen LogP contribution < -0.4 is 0 Å². The maximum atomic E-state index is 12.5. The van der Waals surface area contributed by atoms with Crippen molar-refractivity contribution in [3.05, 3.63) is 29.8 Å². The quantitative estimate of drug-likeness (QED) is 0.486. The fourth-order valence-electron chi connectivity index (χ4n) is 1.27. The Balaban J connectivity index is 3.00. The van der Waals surface area contributed by atoms with Gasteiger partial charge in [0.15, 0.2) is 5.78 Å². The second-order valence-electron chi connectivity index (χ2n) is 3.80. The molecule has 1 unspecified atom stereocenters. The fraction of sp³-hybridized carbons (Fsp3) is 0.333. The van der Waals surface area contributed by atoms with Crippen LogP contribution in [0.25, 0.3) is 0 Å². The molecule has 0 amide bonds. The number of Topliss-reactive ketones (excluding diaryl/α,β-unsaturated/α-hetero) is 1. The van der Waals surface area contributed by atoms with Crippen LogP contribution in [-0.4, -0.2) is 24.9 Å². The zero-order valence-corrected chi connectivity index (χ0v) is 10.6. The van der Waals surface area contributed by atoms with Crippen molar-refractivity contribution >= 4 is 17.4 Å². The lowest BCUT2D eigenvalue weighted by atomic mass is 10.2. The normalized spacial score (nSPS) is 13.2. The number of carbonyl (C=O) groups excluding carboxylic acids is 2. The number of nitrogens with zero attached hydrogens (tertiary/aromatic N) is 2. The first kappa shape index (κ1) is 15.8. The van der Waals surface area contributed by atoms with Gasteiger partial charge in [0.25, 0.3) is 0 Å². The molecule has 0 bridgehead atoms. The molecule has 8 heteroatoms. The van der Waals surface area contributed by atoms with Crippen molar-refractivity contribution in [2.45, 2.75) is 19.1 Å². The number of carbonyl (C=O) groups is 2. The zero-order valence-electron chi connectivity index (χ0n) is 10.6. The molecule has 1 aromatic rings. The highest BCUT2D eigenvalue weighted by Gasteiger charge is 2.30. The van der Waals surface area contributed by atoms with Crippen LogP contribution in [0.15, 0.2) is 34.5 Å². The summed E-state index contributed by atoms with van der Waals surface area (Å²) in [4.78, 5) is 22.4. The van der Waals surface area contributed by atoms with Crippen molar-refractivity contribution in [3.8, 4) is 0 Å². The van der Waals surface area contributed by atoms with Crippen LogP contribution in [0.3, 0.4) is 0 Å². The average Bonchev–Trinajstić information content (AvgIpc) is 2.37. The molecule has 0 aromatic heterocycles. The van der Waals surface area contributed by atoms with Crippen molar-refractivity contribution in [1.29, 1.82) is 0 Å². The van der Waals surface area contributed by atoms with Crippen LogP contribution in [-0.2, 0) is 20.5 Å². The molecule has 1 rings (SSSR count). The molecule has 0 saturated heterocycles. The molecule has 0 aliphatic rings. The summed E-state index contributed by atoms with van der Waals surface area (Å²) < 4.78 is 41.8. The van der Waals surface area contributed by atoms with E-state index in [1.165, 1.54) is 6.07 Å². The summed E-state index contributed by atoms with van der Waals surface area (Å²) in [5.74, 6) is -1.54. The van der Waals surface area contributed by atoms with Gasteiger partial charge < -0.3 is 4.74 Å². The van der Waals surface area contributed by atoms with Crippen molar-refractivity contribution in [3.63, 3.8) is 0 Å². The highest BCUT2D eigenvalue weighted by atomic mass is 19.4. The van der Waals surface area contributed by atoms with E-state index >= 15 is 0 Å². The predicted octanol–water partition coefficient (Wildman–Crippen LogP) is 2.92. The maximum absolute atomic E-state index is 12.5. The molecular weight excluding hydrogens is 277 g/mol. The Morgan fingerprint density at radius 1 is 1.30 bits per heavy atom. The molecule has 0 saturated carbocycles. The van der Waals surface area contributed by atoms with E-state index in [0.717, 1.165) is 32.2 Å². The van der Waals surface area contributed by atoms with E-state index in [9.17, 15) is 22.8 Å². The molecule has 0 aliphatic carbocycles. The Labute approximate surface area is 112 Å². The molecule has 0 aliphatic heterocycles. The number of halogens is 3.